The molecule has 1 saturated heterocycles. The van der Waals surface area contributed by atoms with Crippen LogP contribution in [0.3, 0.4) is 0 Å². The lowest BCUT2D eigenvalue weighted by Gasteiger charge is -2.14. The van der Waals surface area contributed by atoms with Crippen LogP contribution in [0.1, 0.15) is 42.6 Å². The molecular formula is C19H23N3O3. The van der Waals surface area contributed by atoms with Crippen molar-refractivity contribution in [3.05, 3.63) is 42.1 Å². The van der Waals surface area contributed by atoms with Gasteiger partial charge in [-0.05, 0) is 25.7 Å². The molecule has 1 aliphatic heterocycles. The summed E-state index contributed by atoms with van der Waals surface area (Å²) in [6.07, 6.45) is 4.34. The maximum absolute atomic E-state index is 12.1. The van der Waals surface area contributed by atoms with E-state index in [-0.39, 0.29) is 17.5 Å². The minimum atomic E-state index is -0.253. The topological polar surface area (TPSA) is 75.4 Å². The van der Waals surface area contributed by atoms with Crippen molar-refractivity contribution in [3.63, 3.8) is 0 Å². The second-order valence-corrected chi connectivity index (χ2v) is 6.24. The lowest BCUT2D eigenvalue weighted by atomic mass is 10.1. The minimum absolute atomic E-state index is 0.229. The van der Waals surface area contributed by atoms with Crippen molar-refractivity contribution in [3.8, 4) is 11.3 Å². The Morgan fingerprint density at radius 2 is 1.88 bits per heavy atom. The van der Waals surface area contributed by atoms with Crippen LogP contribution < -0.4 is 5.32 Å². The molecule has 132 valence electrons. The highest BCUT2D eigenvalue weighted by molar-refractivity contribution is 5.93. The molecule has 0 spiro atoms. The Hall–Kier alpha value is -2.63. The fourth-order valence-corrected chi connectivity index (χ4v) is 2.94. The molecule has 0 radical (unpaired) electrons. The number of hydrogen-bond acceptors (Lipinski definition) is 4. The molecule has 0 atom stereocenters. The molecule has 1 fully saturated rings. The molecule has 0 bridgehead atoms. The van der Waals surface area contributed by atoms with Crippen molar-refractivity contribution in [1.29, 1.82) is 0 Å². The van der Waals surface area contributed by atoms with E-state index in [1.54, 1.807) is 6.07 Å². The van der Waals surface area contributed by atoms with Gasteiger partial charge >= 0.3 is 0 Å². The van der Waals surface area contributed by atoms with Gasteiger partial charge in [-0.15, -0.1) is 0 Å². The lowest BCUT2D eigenvalue weighted by molar-refractivity contribution is -0.130. The molecule has 2 heterocycles. The smallest absolute Gasteiger partial charge is 0.273 e. The quantitative estimate of drug-likeness (QED) is 0.786. The normalized spacial score (nSPS) is 13.8. The van der Waals surface area contributed by atoms with Gasteiger partial charge in [-0.3, -0.25) is 9.59 Å². The van der Waals surface area contributed by atoms with Crippen LogP contribution >= 0.6 is 0 Å². The van der Waals surface area contributed by atoms with E-state index in [4.69, 9.17) is 4.52 Å². The molecule has 6 heteroatoms. The largest absolute Gasteiger partial charge is 0.355 e. The maximum Gasteiger partial charge on any atom is 0.273 e. The van der Waals surface area contributed by atoms with E-state index < -0.39 is 0 Å². The van der Waals surface area contributed by atoms with E-state index in [2.05, 4.69) is 10.5 Å². The van der Waals surface area contributed by atoms with Gasteiger partial charge in [0.15, 0.2) is 11.5 Å². The van der Waals surface area contributed by atoms with E-state index in [0.717, 1.165) is 44.3 Å². The van der Waals surface area contributed by atoms with Crippen molar-refractivity contribution in [2.75, 3.05) is 19.6 Å². The van der Waals surface area contributed by atoms with Crippen LogP contribution in [0.15, 0.2) is 40.9 Å². The van der Waals surface area contributed by atoms with E-state index in [0.29, 0.717) is 18.7 Å². The molecule has 2 aromatic rings. The monoisotopic (exact) mass is 341 g/mol. The first-order valence-electron chi connectivity index (χ1n) is 8.82. The summed E-state index contributed by atoms with van der Waals surface area (Å²) in [4.78, 5) is 25.9. The number of rotatable bonds is 7. The number of nitrogens with zero attached hydrogens (tertiary/aromatic N) is 2. The maximum atomic E-state index is 12.1. The number of likely N-dealkylation sites (tertiary alicyclic amines) is 1. The zero-order valence-electron chi connectivity index (χ0n) is 14.2. The van der Waals surface area contributed by atoms with E-state index >= 15 is 0 Å². The second kappa shape index (κ2) is 8.46. The molecule has 1 aromatic heterocycles. The Kier molecular flexibility index (Phi) is 5.82. The van der Waals surface area contributed by atoms with Gasteiger partial charge in [0.05, 0.1) is 0 Å². The SMILES string of the molecule is O=C(NCCCCC(=O)N1CCCC1)c1cc(-c2ccccc2)on1. The first-order chi connectivity index (χ1) is 12.2. The average Bonchev–Trinajstić information content (AvgIpc) is 3.34. The predicted octanol–water partition coefficient (Wildman–Crippen LogP) is 2.86. The van der Waals surface area contributed by atoms with Crippen LogP contribution in [-0.2, 0) is 4.79 Å². The predicted molar refractivity (Wildman–Crippen MR) is 93.9 cm³/mol. The lowest BCUT2D eigenvalue weighted by Crippen LogP contribution is -2.28. The molecule has 1 aromatic carbocycles. The molecule has 2 amide bonds. The molecule has 25 heavy (non-hydrogen) atoms. The molecule has 1 aliphatic rings. The third-order valence-electron chi connectivity index (χ3n) is 4.36. The number of nitrogens with one attached hydrogen (secondary N) is 1. The second-order valence-electron chi connectivity index (χ2n) is 6.24. The highest BCUT2D eigenvalue weighted by Gasteiger charge is 2.17. The number of unbranched alkanes of at least 4 members (excludes halogenated alkanes) is 1. The summed E-state index contributed by atoms with van der Waals surface area (Å²) in [7, 11) is 0. The Morgan fingerprint density at radius 1 is 1.12 bits per heavy atom. The number of amides is 2. The summed E-state index contributed by atoms with van der Waals surface area (Å²) < 4.78 is 5.23. The van der Waals surface area contributed by atoms with Gasteiger partial charge in [0.1, 0.15) is 0 Å². The van der Waals surface area contributed by atoms with E-state index in [1.165, 1.54) is 0 Å². The first kappa shape index (κ1) is 17.2. The van der Waals surface area contributed by atoms with Gasteiger partial charge in [0, 0.05) is 37.7 Å². The number of aromatic nitrogens is 1. The van der Waals surface area contributed by atoms with Gasteiger partial charge in [0.25, 0.3) is 5.91 Å². The van der Waals surface area contributed by atoms with E-state index in [9.17, 15) is 9.59 Å². The van der Waals surface area contributed by atoms with Gasteiger partial charge in [-0.1, -0.05) is 35.5 Å². The van der Waals surface area contributed by atoms with Gasteiger partial charge in [0.2, 0.25) is 5.91 Å². The summed E-state index contributed by atoms with van der Waals surface area (Å²) in [5.74, 6) is 0.548. The van der Waals surface area contributed by atoms with Crippen molar-refractivity contribution >= 4 is 11.8 Å². The molecule has 0 aliphatic carbocycles. The summed E-state index contributed by atoms with van der Waals surface area (Å²) in [6.45, 7) is 2.32. The van der Waals surface area contributed by atoms with Crippen molar-refractivity contribution in [2.45, 2.75) is 32.1 Å². The van der Waals surface area contributed by atoms with Crippen molar-refractivity contribution in [1.82, 2.24) is 15.4 Å². The zero-order valence-corrected chi connectivity index (χ0v) is 14.2. The Balaban J connectivity index is 1.38. The van der Waals surface area contributed by atoms with Crippen LogP contribution in [0, 0.1) is 0 Å². The molecule has 1 N–H and O–H groups in total. The highest BCUT2D eigenvalue weighted by Crippen LogP contribution is 2.19. The zero-order chi connectivity index (χ0) is 17.5. The van der Waals surface area contributed by atoms with Crippen LogP contribution in [0.5, 0.6) is 0 Å². The highest BCUT2D eigenvalue weighted by atomic mass is 16.5. The summed E-state index contributed by atoms with van der Waals surface area (Å²) >= 11 is 0. The molecule has 3 rings (SSSR count). The van der Waals surface area contributed by atoms with Crippen LogP contribution in [0.25, 0.3) is 11.3 Å². The van der Waals surface area contributed by atoms with Crippen LogP contribution in [0.2, 0.25) is 0 Å². The number of carbonyl (C=O) groups excluding carboxylic acids is 2. The van der Waals surface area contributed by atoms with Gasteiger partial charge < -0.3 is 14.7 Å². The fourth-order valence-electron chi connectivity index (χ4n) is 2.94. The Morgan fingerprint density at radius 3 is 2.64 bits per heavy atom. The molecule has 6 nitrogen and oxygen atoms in total. The molecular weight excluding hydrogens is 318 g/mol. The van der Waals surface area contributed by atoms with Crippen molar-refractivity contribution < 1.29 is 14.1 Å². The minimum Gasteiger partial charge on any atom is -0.355 e. The number of hydrogen-bond donors (Lipinski definition) is 1. The van der Waals surface area contributed by atoms with Gasteiger partial charge in [-0.25, -0.2) is 0 Å². The Bertz CT molecular complexity index is 706. The van der Waals surface area contributed by atoms with Crippen molar-refractivity contribution in [2.24, 2.45) is 0 Å². The molecule has 0 saturated carbocycles. The van der Waals surface area contributed by atoms with E-state index in [1.807, 2.05) is 35.2 Å². The summed E-state index contributed by atoms with van der Waals surface area (Å²) in [5, 5.41) is 6.64. The molecule has 0 unspecified atom stereocenters. The summed E-state index contributed by atoms with van der Waals surface area (Å²) in [5.41, 5.74) is 1.15. The first-order valence-corrected chi connectivity index (χ1v) is 8.82. The number of benzene rings is 1. The average molecular weight is 341 g/mol. The summed E-state index contributed by atoms with van der Waals surface area (Å²) in [6, 6.07) is 11.2. The van der Waals surface area contributed by atoms with Crippen LogP contribution in [0.4, 0.5) is 0 Å². The van der Waals surface area contributed by atoms with Gasteiger partial charge in [-0.2, -0.15) is 0 Å². The van der Waals surface area contributed by atoms with Crippen LogP contribution in [-0.4, -0.2) is 41.5 Å². The Labute approximate surface area is 147 Å². The third-order valence-corrected chi connectivity index (χ3v) is 4.36. The number of carbonyl (C=O) groups is 2. The third kappa shape index (κ3) is 4.68. The fraction of sp³-hybridized carbons (Fsp3) is 0.421. The standard InChI is InChI=1S/C19H23N3O3/c23-18(22-12-6-7-13-22)10-4-5-11-20-19(24)16-14-17(25-21-16)15-8-2-1-3-9-15/h1-3,8-9,14H,4-7,10-13H2,(H,20,24).